The van der Waals surface area contributed by atoms with Crippen molar-refractivity contribution in [3.8, 4) is 0 Å². The number of unbranched alkanes of at least 4 members (excludes halogenated alkanes) is 9. The zero-order chi connectivity index (χ0) is 14.2. The van der Waals surface area contributed by atoms with Gasteiger partial charge in [-0.3, -0.25) is 0 Å². The topological polar surface area (TPSA) is 29.5 Å². The van der Waals surface area contributed by atoms with E-state index in [-0.39, 0.29) is 6.10 Å². The normalized spacial score (nSPS) is 12.8. The molecule has 116 valence electrons. The highest BCUT2D eigenvalue weighted by Crippen LogP contribution is 2.13. The third kappa shape index (κ3) is 15.9. The fourth-order valence-corrected chi connectivity index (χ4v) is 2.48. The largest absolute Gasteiger partial charge is 0.393 e. The van der Waals surface area contributed by atoms with E-state index in [1.54, 1.807) is 7.11 Å². The summed E-state index contributed by atoms with van der Waals surface area (Å²) in [4.78, 5) is 0. The van der Waals surface area contributed by atoms with E-state index in [0.29, 0.717) is 0 Å². The Morgan fingerprint density at radius 2 is 1.21 bits per heavy atom. The van der Waals surface area contributed by atoms with E-state index in [4.69, 9.17) is 4.74 Å². The Balaban J connectivity index is 3.05. The van der Waals surface area contributed by atoms with Crippen LogP contribution in [0.25, 0.3) is 0 Å². The number of rotatable bonds is 15. The standard InChI is InChI=1S/C17H36O2/c1-3-4-5-6-7-8-9-10-11-12-14-17(18)15-13-16-19-2/h17-18H,3-16H2,1-2H3. The molecule has 1 N–H and O–H groups in total. The van der Waals surface area contributed by atoms with Crippen LogP contribution in [0.15, 0.2) is 0 Å². The molecule has 0 aliphatic carbocycles. The molecule has 0 aromatic heterocycles. The molecule has 0 aliphatic rings. The number of hydrogen-bond acceptors (Lipinski definition) is 2. The maximum absolute atomic E-state index is 9.74. The van der Waals surface area contributed by atoms with Crippen molar-refractivity contribution in [3.63, 3.8) is 0 Å². The summed E-state index contributed by atoms with van der Waals surface area (Å²) in [6.45, 7) is 3.04. The zero-order valence-electron chi connectivity index (χ0n) is 13.3. The van der Waals surface area contributed by atoms with Crippen molar-refractivity contribution in [2.45, 2.75) is 96.5 Å². The number of hydrogen-bond donors (Lipinski definition) is 1. The van der Waals surface area contributed by atoms with Crippen molar-refractivity contribution in [3.05, 3.63) is 0 Å². The summed E-state index contributed by atoms with van der Waals surface area (Å²) in [5, 5.41) is 9.74. The molecule has 0 saturated heterocycles. The van der Waals surface area contributed by atoms with Gasteiger partial charge in [-0.15, -0.1) is 0 Å². The van der Waals surface area contributed by atoms with Crippen LogP contribution in [0, 0.1) is 0 Å². The molecule has 0 aliphatic heterocycles. The number of aliphatic hydroxyl groups is 1. The third-order valence-corrected chi connectivity index (χ3v) is 3.78. The highest BCUT2D eigenvalue weighted by Gasteiger charge is 2.03. The average Bonchev–Trinajstić information content (AvgIpc) is 2.41. The van der Waals surface area contributed by atoms with Gasteiger partial charge in [-0.05, 0) is 19.3 Å². The van der Waals surface area contributed by atoms with Crippen LogP contribution in [0.5, 0.6) is 0 Å². The Morgan fingerprint density at radius 1 is 0.737 bits per heavy atom. The van der Waals surface area contributed by atoms with E-state index in [2.05, 4.69) is 6.92 Å². The summed E-state index contributed by atoms with van der Waals surface area (Å²) in [6.07, 6.45) is 16.3. The summed E-state index contributed by atoms with van der Waals surface area (Å²) < 4.78 is 4.99. The number of aliphatic hydroxyl groups excluding tert-OH is 1. The molecule has 0 bridgehead atoms. The van der Waals surface area contributed by atoms with Gasteiger partial charge < -0.3 is 9.84 Å². The minimum Gasteiger partial charge on any atom is -0.393 e. The molecule has 1 unspecified atom stereocenters. The molecule has 2 heteroatoms. The summed E-state index contributed by atoms with van der Waals surface area (Å²) >= 11 is 0. The fraction of sp³-hybridized carbons (Fsp3) is 1.00. The minimum atomic E-state index is -0.107. The maximum atomic E-state index is 9.74. The molecule has 0 spiro atoms. The molecule has 2 nitrogen and oxygen atoms in total. The molecular weight excluding hydrogens is 236 g/mol. The van der Waals surface area contributed by atoms with E-state index < -0.39 is 0 Å². The Labute approximate surface area is 120 Å². The molecule has 0 saturated carbocycles. The summed E-state index contributed by atoms with van der Waals surface area (Å²) in [7, 11) is 1.72. The van der Waals surface area contributed by atoms with E-state index in [1.165, 1.54) is 64.2 Å². The number of ether oxygens (including phenoxy) is 1. The van der Waals surface area contributed by atoms with E-state index in [0.717, 1.165) is 25.9 Å². The first-order valence-electron chi connectivity index (χ1n) is 8.48. The van der Waals surface area contributed by atoms with E-state index >= 15 is 0 Å². The van der Waals surface area contributed by atoms with Gasteiger partial charge >= 0.3 is 0 Å². The van der Waals surface area contributed by atoms with Crippen LogP contribution in [0.4, 0.5) is 0 Å². The van der Waals surface area contributed by atoms with Crippen LogP contribution in [-0.4, -0.2) is 24.9 Å². The van der Waals surface area contributed by atoms with Gasteiger partial charge in [-0.1, -0.05) is 71.1 Å². The van der Waals surface area contributed by atoms with Gasteiger partial charge in [-0.2, -0.15) is 0 Å². The second kappa shape index (κ2) is 16.0. The van der Waals surface area contributed by atoms with Crippen molar-refractivity contribution in [2.75, 3.05) is 13.7 Å². The van der Waals surface area contributed by atoms with Crippen LogP contribution in [-0.2, 0) is 4.74 Å². The molecule has 0 aromatic carbocycles. The Hall–Kier alpha value is -0.0800. The third-order valence-electron chi connectivity index (χ3n) is 3.78. The van der Waals surface area contributed by atoms with Gasteiger partial charge in [0.15, 0.2) is 0 Å². The van der Waals surface area contributed by atoms with E-state index in [9.17, 15) is 5.11 Å². The second-order valence-corrected chi connectivity index (χ2v) is 5.76. The van der Waals surface area contributed by atoms with Crippen molar-refractivity contribution < 1.29 is 9.84 Å². The van der Waals surface area contributed by atoms with Crippen molar-refractivity contribution >= 4 is 0 Å². The highest BCUT2D eigenvalue weighted by atomic mass is 16.5. The summed E-state index contributed by atoms with van der Waals surface area (Å²) in [5.41, 5.74) is 0. The smallest absolute Gasteiger partial charge is 0.0541 e. The quantitative estimate of drug-likeness (QED) is 0.421. The predicted molar refractivity (Wildman–Crippen MR) is 83.6 cm³/mol. The van der Waals surface area contributed by atoms with Crippen molar-refractivity contribution in [2.24, 2.45) is 0 Å². The predicted octanol–water partition coefficient (Wildman–Crippen LogP) is 5.08. The lowest BCUT2D eigenvalue weighted by Gasteiger charge is -2.09. The van der Waals surface area contributed by atoms with Crippen LogP contribution in [0.3, 0.4) is 0 Å². The van der Waals surface area contributed by atoms with Gasteiger partial charge in [0.25, 0.3) is 0 Å². The molecule has 0 heterocycles. The first kappa shape index (κ1) is 18.9. The van der Waals surface area contributed by atoms with Gasteiger partial charge in [0.2, 0.25) is 0 Å². The van der Waals surface area contributed by atoms with Gasteiger partial charge in [0.05, 0.1) is 6.10 Å². The van der Waals surface area contributed by atoms with Gasteiger partial charge in [0, 0.05) is 13.7 Å². The molecular formula is C17H36O2. The molecule has 0 rings (SSSR count). The lowest BCUT2D eigenvalue weighted by atomic mass is 10.0. The molecule has 0 amide bonds. The first-order chi connectivity index (χ1) is 9.31. The van der Waals surface area contributed by atoms with Crippen LogP contribution in [0.2, 0.25) is 0 Å². The SMILES string of the molecule is CCCCCCCCCCCCC(O)CCCOC. The molecule has 0 radical (unpaired) electrons. The monoisotopic (exact) mass is 272 g/mol. The fourth-order valence-electron chi connectivity index (χ4n) is 2.48. The highest BCUT2D eigenvalue weighted by molar-refractivity contribution is 4.56. The van der Waals surface area contributed by atoms with Crippen LogP contribution < -0.4 is 0 Å². The summed E-state index contributed by atoms with van der Waals surface area (Å²) in [5.74, 6) is 0. The van der Waals surface area contributed by atoms with Crippen molar-refractivity contribution in [1.82, 2.24) is 0 Å². The molecule has 1 atom stereocenters. The molecule has 0 fully saturated rings. The van der Waals surface area contributed by atoms with Crippen LogP contribution >= 0.6 is 0 Å². The Bertz CT molecular complexity index is 159. The molecule has 19 heavy (non-hydrogen) atoms. The minimum absolute atomic E-state index is 0.107. The van der Waals surface area contributed by atoms with Crippen molar-refractivity contribution in [1.29, 1.82) is 0 Å². The Morgan fingerprint density at radius 3 is 1.74 bits per heavy atom. The van der Waals surface area contributed by atoms with Gasteiger partial charge in [0.1, 0.15) is 0 Å². The van der Waals surface area contributed by atoms with E-state index in [1.807, 2.05) is 0 Å². The lowest BCUT2D eigenvalue weighted by Crippen LogP contribution is -2.07. The number of methoxy groups -OCH3 is 1. The lowest BCUT2D eigenvalue weighted by molar-refractivity contribution is 0.126. The summed E-state index contributed by atoms with van der Waals surface area (Å²) in [6, 6.07) is 0. The first-order valence-corrected chi connectivity index (χ1v) is 8.48. The average molecular weight is 272 g/mol. The second-order valence-electron chi connectivity index (χ2n) is 5.76. The van der Waals surface area contributed by atoms with Crippen LogP contribution in [0.1, 0.15) is 90.4 Å². The Kier molecular flexibility index (Phi) is 15.9. The molecule has 0 aromatic rings. The van der Waals surface area contributed by atoms with Gasteiger partial charge in [-0.25, -0.2) is 0 Å². The maximum Gasteiger partial charge on any atom is 0.0541 e. The zero-order valence-corrected chi connectivity index (χ0v) is 13.3.